The number of nitrogens with two attached hydrogens (primary N) is 1. The molecule has 7 nitrogen and oxygen atoms in total. The summed E-state index contributed by atoms with van der Waals surface area (Å²) in [6.45, 7) is 1.65. The Balaban J connectivity index is 2.03. The van der Waals surface area contributed by atoms with Crippen LogP contribution in [0.4, 0.5) is 10.9 Å². The van der Waals surface area contributed by atoms with E-state index in [1.807, 2.05) is 14.1 Å². The van der Waals surface area contributed by atoms with Crippen LogP contribution in [0.25, 0.3) is 0 Å². The fourth-order valence-corrected chi connectivity index (χ4v) is 3.08. The average molecular weight is 311 g/mol. The number of nitrogens with zero attached hydrogens (tertiary/aromatic N) is 4. The smallest absolute Gasteiger partial charge is 0.268 e. The molecule has 0 unspecified atom stereocenters. The molecule has 2 rings (SSSR count). The summed E-state index contributed by atoms with van der Waals surface area (Å²) < 4.78 is 0. The summed E-state index contributed by atoms with van der Waals surface area (Å²) in [6, 6.07) is 0. The van der Waals surface area contributed by atoms with Gasteiger partial charge in [0.05, 0.1) is 6.54 Å². The molecule has 2 heterocycles. The molecule has 21 heavy (non-hydrogen) atoms. The second kappa shape index (κ2) is 6.30. The van der Waals surface area contributed by atoms with Crippen LogP contribution in [-0.4, -0.2) is 67.4 Å². The third-order valence-electron chi connectivity index (χ3n) is 3.40. The van der Waals surface area contributed by atoms with Gasteiger partial charge in [-0.3, -0.25) is 9.59 Å². The van der Waals surface area contributed by atoms with Crippen LogP contribution in [0.1, 0.15) is 22.5 Å². The van der Waals surface area contributed by atoms with Crippen LogP contribution >= 0.6 is 11.3 Å². The maximum Gasteiger partial charge on any atom is 0.268 e. The summed E-state index contributed by atoms with van der Waals surface area (Å²) in [5, 5.41) is 0.676. The minimum atomic E-state index is -0.259. The predicted molar refractivity (Wildman–Crippen MR) is 83.6 cm³/mol. The van der Waals surface area contributed by atoms with Crippen LogP contribution in [0.15, 0.2) is 0 Å². The number of hydrogen-bond donors (Lipinski definition) is 1. The molecule has 116 valence electrons. The number of anilines is 2. The number of likely N-dealkylation sites (N-methyl/N-ethyl adjacent to an activating group) is 1. The average Bonchev–Trinajstić information content (AvgIpc) is 3.06. The largest absolute Gasteiger partial charge is 0.382 e. The summed E-state index contributed by atoms with van der Waals surface area (Å²) in [5.74, 6) is -0.0564. The number of carbonyl (C=O) groups excluding carboxylic acids is 2. The van der Waals surface area contributed by atoms with E-state index in [4.69, 9.17) is 5.73 Å². The van der Waals surface area contributed by atoms with Gasteiger partial charge in [0.25, 0.3) is 5.91 Å². The Labute approximate surface area is 128 Å². The van der Waals surface area contributed by atoms with Crippen LogP contribution in [0.3, 0.4) is 0 Å². The molecule has 8 heteroatoms. The topological polar surface area (TPSA) is 82.8 Å². The first-order valence-corrected chi connectivity index (χ1v) is 7.68. The Kier molecular flexibility index (Phi) is 4.66. The molecular formula is C13H21N5O2S. The second-order valence-electron chi connectivity index (χ2n) is 5.35. The molecule has 1 fully saturated rings. The fraction of sp³-hybridized carbons (Fsp3) is 0.615. The lowest BCUT2D eigenvalue weighted by Gasteiger charge is -2.20. The number of nitrogen functional groups attached to an aromatic ring is 1. The molecule has 1 aromatic heterocycles. The number of amides is 2. The van der Waals surface area contributed by atoms with Crippen molar-refractivity contribution in [2.45, 2.75) is 12.8 Å². The molecular weight excluding hydrogens is 290 g/mol. The number of carbonyl (C=O) groups is 2. The lowest BCUT2D eigenvalue weighted by molar-refractivity contribution is -0.130. The highest BCUT2D eigenvalue weighted by atomic mass is 32.1. The van der Waals surface area contributed by atoms with Gasteiger partial charge in [0.15, 0.2) is 5.13 Å². The third kappa shape index (κ3) is 3.44. The Bertz CT molecular complexity index is 537. The predicted octanol–water partition coefficient (Wildman–Crippen LogP) is 0.486. The molecule has 0 aliphatic carbocycles. The summed E-state index contributed by atoms with van der Waals surface area (Å²) in [5.41, 5.74) is 5.80. The minimum absolute atomic E-state index is 0.0146. The minimum Gasteiger partial charge on any atom is -0.382 e. The molecule has 1 aliphatic rings. The number of aromatic nitrogens is 1. The first-order chi connectivity index (χ1) is 9.90. The third-order valence-corrected chi connectivity index (χ3v) is 4.62. The molecule has 1 aromatic rings. The van der Waals surface area contributed by atoms with E-state index in [0.717, 1.165) is 25.9 Å². The van der Waals surface area contributed by atoms with E-state index in [-0.39, 0.29) is 24.2 Å². The second-order valence-corrected chi connectivity index (χ2v) is 6.33. The normalized spacial score (nSPS) is 14.3. The van der Waals surface area contributed by atoms with Gasteiger partial charge in [0.2, 0.25) is 5.91 Å². The quantitative estimate of drug-likeness (QED) is 0.875. The number of likely N-dealkylation sites (tertiary alicyclic amines) is 1. The van der Waals surface area contributed by atoms with Gasteiger partial charge in [-0.25, -0.2) is 4.98 Å². The van der Waals surface area contributed by atoms with Gasteiger partial charge in [0, 0.05) is 34.2 Å². The van der Waals surface area contributed by atoms with Crippen LogP contribution < -0.4 is 10.6 Å². The van der Waals surface area contributed by atoms with Crippen molar-refractivity contribution in [1.82, 2.24) is 14.8 Å². The summed E-state index contributed by atoms with van der Waals surface area (Å²) in [6.07, 6.45) is 2.08. The molecule has 0 spiro atoms. The molecule has 2 amide bonds. The van der Waals surface area contributed by atoms with Crippen molar-refractivity contribution < 1.29 is 9.59 Å². The highest BCUT2D eigenvalue weighted by Crippen LogP contribution is 2.27. The van der Waals surface area contributed by atoms with Gasteiger partial charge in [-0.15, -0.1) is 0 Å². The van der Waals surface area contributed by atoms with Crippen LogP contribution in [0, 0.1) is 0 Å². The summed E-state index contributed by atoms with van der Waals surface area (Å²) in [7, 11) is 5.30. The van der Waals surface area contributed by atoms with Gasteiger partial charge >= 0.3 is 0 Å². The van der Waals surface area contributed by atoms with Crippen molar-refractivity contribution in [3.8, 4) is 0 Å². The van der Waals surface area contributed by atoms with Crippen molar-refractivity contribution in [3.05, 3.63) is 4.88 Å². The van der Waals surface area contributed by atoms with E-state index in [9.17, 15) is 9.59 Å². The molecule has 0 saturated carbocycles. The zero-order valence-corrected chi connectivity index (χ0v) is 13.4. The van der Waals surface area contributed by atoms with Crippen molar-refractivity contribution in [2.24, 2.45) is 0 Å². The highest BCUT2D eigenvalue weighted by Gasteiger charge is 2.24. The Hall–Kier alpha value is -1.83. The van der Waals surface area contributed by atoms with Crippen molar-refractivity contribution in [2.75, 3.05) is 51.4 Å². The standard InChI is InChI=1S/C13H21N5O2S/c1-16(2)13-15-11(14)10(21-13)12(20)17(3)8-9(19)18-6-4-5-7-18/h4-8,14H2,1-3H3. The molecule has 1 aliphatic heterocycles. The monoisotopic (exact) mass is 311 g/mol. The maximum atomic E-state index is 12.4. The Morgan fingerprint density at radius 1 is 1.29 bits per heavy atom. The zero-order chi connectivity index (χ0) is 15.6. The van der Waals surface area contributed by atoms with Gasteiger partial charge in [-0.1, -0.05) is 11.3 Å². The molecule has 0 bridgehead atoms. The number of thiazole rings is 1. The lowest BCUT2D eigenvalue weighted by Crippen LogP contribution is -2.39. The summed E-state index contributed by atoms with van der Waals surface area (Å²) in [4.78, 5) is 34.0. The SMILES string of the molecule is CN(CC(=O)N1CCCC1)C(=O)c1sc(N(C)C)nc1N. The van der Waals surface area contributed by atoms with E-state index in [2.05, 4.69) is 4.98 Å². The number of rotatable bonds is 4. The molecule has 0 radical (unpaired) electrons. The van der Waals surface area contributed by atoms with Crippen LogP contribution in [-0.2, 0) is 4.79 Å². The Morgan fingerprint density at radius 3 is 2.43 bits per heavy atom. The van der Waals surface area contributed by atoms with E-state index >= 15 is 0 Å². The van der Waals surface area contributed by atoms with Crippen LogP contribution in [0.5, 0.6) is 0 Å². The lowest BCUT2D eigenvalue weighted by atomic mass is 10.4. The van der Waals surface area contributed by atoms with Gasteiger partial charge in [0.1, 0.15) is 10.7 Å². The van der Waals surface area contributed by atoms with Gasteiger partial charge < -0.3 is 20.4 Å². The summed E-state index contributed by atoms with van der Waals surface area (Å²) >= 11 is 1.24. The van der Waals surface area contributed by atoms with E-state index in [1.165, 1.54) is 16.2 Å². The fourth-order valence-electron chi connectivity index (χ4n) is 2.18. The Morgan fingerprint density at radius 2 is 1.90 bits per heavy atom. The van der Waals surface area contributed by atoms with E-state index < -0.39 is 0 Å². The van der Waals surface area contributed by atoms with Crippen molar-refractivity contribution in [3.63, 3.8) is 0 Å². The first kappa shape index (κ1) is 15.6. The zero-order valence-electron chi connectivity index (χ0n) is 12.6. The maximum absolute atomic E-state index is 12.4. The molecule has 2 N–H and O–H groups in total. The first-order valence-electron chi connectivity index (χ1n) is 6.87. The van der Waals surface area contributed by atoms with E-state index in [1.54, 1.807) is 16.8 Å². The highest BCUT2D eigenvalue weighted by molar-refractivity contribution is 7.18. The molecule has 1 saturated heterocycles. The van der Waals surface area contributed by atoms with Crippen molar-refractivity contribution >= 4 is 34.1 Å². The van der Waals surface area contributed by atoms with Gasteiger partial charge in [-0.05, 0) is 12.8 Å². The molecule has 0 aromatic carbocycles. The number of hydrogen-bond acceptors (Lipinski definition) is 6. The van der Waals surface area contributed by atoms with Gasteiger partial charge in [-0.2, -0.15) is 0 Å². The van der Waals surface area contributed by atoms with Crippen molar-refractivity contribution in [1.29, 1.82) is 0 Å². The molecule has 0 atom stereocenters. The van der Waals surface area contributed by atoms with E-state index in [0.29, 0.717) is 10.0 Å². The van der Waals surface area contributed by atoms with Crippen LogP contribution in [0.2, 0.25) is 0 Å².